The van der Waals surface area contributed by atoms with Crippen molar-refractivity contribution in [3.8, 4) is 0 Å². The Kier molecular flexibility index (Phi) is 32.2. The van der Waals surface area contributed by atoms with Gasteiger partial charge in [-0.3, -0.25) is 29.3 Å². The lowest BCUT2D eigenvalue weighted by Gasteiger charge is -2.33. The minimum absolute atomic E-state index is 0. The number of thiazole rings is 3. The number of alkyl halides is 3. The van der Waals surface area contributed by atoms with E-state index in [9.17, 15) is 36.0 Å². The number of carbonyl (C=O) groups excluding carboxylic acids is 2. The SMILES string of the molecule is C.C.CN1CCCC1c1nc2cc(B3OC(C)(C)C(C)(C)O3)ccc2s1.CN1CCCC1c1nc2cc(Br)ccc2s1.CN1CCC[C@H]1C(=O)O.C[C@H]1CC=C(OS(=O)(=O)C(F)(F)F)N(C(=O)OC(C)(C)C)C1.C[C@H]1CC=C(c2ccc3sc(C4CCCN4C)nc3c2)N(C(=O)OC(C)(C)C)C1.Nc1cc(Br)ccc1S. The van der Waals surface area contributed by atoms with Crippen molar-refractivity contribution in [2.45, 2.75) is 219 Å². The lowest BCUT2D eigenvalue weighted by Crippen LogP contribution is -2.42. The van der Waals surface area contributed by atoms with Crippen LogP contribution in [0.25, 0.3) is 36.3 Å². The summed E-state index contributed by atoms with van der Waals surface area (Å²) in [6.07, 6.45) is 12.5. The summed E-state index contributed by atoms with van der Waals surface area (Å²) in [7, 11) is 2.26. The normalized spacial score (nSPS) is 22.2. The van der Waals surface area contributed by atoms with E-state index in [4.69, 9.17) is 44.6 Å². The molecular weight excluding hydrogens is 1650 g/mol. The molecule has 0 saturated carbocycles. The fourth-order valence-electron chi connectivity index (χ4n) is 13.2. The van der Waals surface area contributed by atoms with Crippen LogP contribution in [0.5, 0.6) is 0 Å². The van der Waals surface area contributed by atoms with Gasteiger partial charge in [-0.15, -0.1) is 46.6 Å². The van der Waals surface area contributed by atoms with Gasteiger partial charge in [0.15, 0.2) is 0 Å². The number of aromatic nitrogens is 3. The number of benzene rings is 4. The highest BCUT2D eigenvalue weighted by Gasteiger charge is 2.52. The first-order valence-electron chi connectivity index (χ1n) is 36.8. The number of thiol groups is 1. The van der Waals surface area contributed by atoms with Crippen molar-refractivity contribution in [3.63, 3.8) is 0 Å². The molecule has 10 heterocycles. The lowest BCUT2D eigenvalue weighted by atomic mass is 9.79. The first kappa shape index (κ1) is 92.7. The Morgan fingerprint density at radius 1 is 0.613 bits per heavy atom. The predicted molar refractivity (Wildman–Crippen MR) is 454 cm³/mol. The molecule has 2 amide bonds. The van der Waals surface area contributed by atoms with Gasteiger partial charge in [0.2, 0.25) is 5.88 Å². The Hall–Kier alpha value is -5.49. The summed E-state index contributed by atoms with van der Waals surface area (Å²) >= 11 is 16.3. The van der Waals surface area contributed by atoms with Gasteiger partial charge < -0.3 is 33.8 Å². The molecule has 5 saturated heterocycles. The number of amides is 2. The van der Waals surface area contributed by atoms with E-state index >= 15 is 0 Å². The van der Waals surface area contributed by atoms with Crippen molar-refractivity contribution in [2.75, 3.05) is 73.2 Å². The zero-order chi connectivity index (χ0) is 80.0. The van der Waals surface area contributed by atoms with Gasteiger partial charge in [0, 0.05) is 38.2 Å². The molecule has 21 nitrogen and oxygen atoms in total. The third-order valence-electron chi connectivity index (χ3n) is 19.9. The summed E-state index contributed by atoms with van der Waals surface area (Å²) in [5.74, 6) is -1.04. The maximum Gasteiger partial charge on any atom is 0.534 e. The average molecular weight is 1770 g/mol. The molecule has 0 radical (unpaired) electrons. The zero-order valence-corrected chi connectivity index (χ0v) is 72.4. The number of carboxylic acids is 1. The predicted octanol–water partition coefficient (Wildman–Crippen LogP) is 19.6. The zero-order valence-electron chi connectivity index (χ0n) is 65.0. The summed E-state index contributed by atoms with van der Waals surface area (Å²) < 4.78 is 92.3. The molecule has 0 aliphatic carbocycles. The number of carboxylic acid groups (broad SMARTS) is 1. The molecule has 3 aromatic heterocycles. The molecular formula is C79H112BBr2F3N10O11S5. The number of nitrogens with two attached hydrogens (primary N) is 1. The van der Waals surface area contributed by atoms with Gasteiger partial charge in [0.1, 0.15) is 32.3 Å². The monoisotopic (exact) mass is 1760 g/mol. The topological polar surface area (TPSA) is 236 Å². The van der Waals surface area contributed by atoms with E-state index in [1.165, 1.54) is 80.7 Å². The highest BCUT2D eigenvalue weighted by atomic mass is 79.9. The molecule has 6 atom stereocenters. The van der Waals surface area contributed by atoms with Crippen molar-refractivity contribution in [1.82, 2.24) is 44.4 Å². The second-order valence-electron chi connectivity index (χ2n) is 31.8. The minimum atomic E-state index is -5.84. The van der Waals surface area contributed by atoms with Crippen LogP contribution in [-0.4, -0.2) is 185 Å². The van der Waals surface area contributed by atoms with Gasteiger partial charge in [-0.2, -0.15) is 21.6 Å². The van der Waals surface area contributed by atoms with Crippen LogP contribution in [0.1, 0.15) is 201 Å². The van der Waals surface area contributed by atoms with E-state index in [-0.39, 0.29) is 64.2 Å². The average Bonchev–Trinajstić information content (AvgIpc) is 1.65. The number of anilines is 1. The molecule has 5 fully saturated rings. The number of fused-ring (bicyclic) bond motifs is 3. The van der Waals surface area contributed by atoms with Gasteiger partial charge in [-0.25, -0.2) is 29.4 Å². The molecule has 7 aliphatic heterocycles. The van der Waals surface area contributed by atoms with Crippen molar-refractivity contribution < 1.29 is 64.0 Å². The van der Waals surface area contributed by atoms with Gasteiger partial charge in [0.25, 0.3) is 0 Å². The summed E-state index contributed by atoms with van der Waals surface area (Å²) in [6.45, 7) is 27.8. The fourth-order valence-corrected chi connectivity index (χ4v) is 18.0. The first-order valence-corrected chi connectivity index (χ1v) is 42.7. The van der Waals surface area contributed by atoms with E-state index < -0.39 is 44.8 Å². The van der Waals surface area contributed by atoms with E-state index in [0.717, 1.165) is 90.4 Å². The van der Waals surface area contributed by atoms with E-state index in [1.54, 1.807) is 43.9 Å². The number of hydrogen-bond acceptors (Lipinski definition) is 22. The van der Waals surface area contributed by atoms with E-state index in [0.29, 0.717) is 36.3 Å². The van der Waals surface area contributed by atoms with Gasteiger partial charge in [-0.05, 0) is 272 Å². The number of likely N-dealkylation sites (N-methyl/N-ethyl adjacent to an activating group) is 1. The van der Waals surface area contributed by atoms with Crippen LogP contribution in [0.4, 0.5) is 28.4 Å². The maximum atomic E-state index is 12.9. The Bertz CT molecular complexity index is 4520. The quantitative estimate of drug-likeness (QED) is 0.0422. The molecule has 0 bridgehead atoms. The Morgan fingerprint density at radius 3 is 1.45 bits per heavy atom. The largest absolute Gasteiger partial charge is 0.534 e. The van der Waals surface area contributed by atoms with Crippen LogP contribution >= 0.6 is 78.5 Å². The lowest BCUT2D eigenvalue weighted by molar-refractivity contribution is -0.141. The van der Waals surface area contributed by atoms with Crippen molar-refractivity contribution in [3.05, 3.63) is 120 Å². The van der Waals surface area contributed by atoms with Crippen LogP contribution in [0.15, 0.2) is 105 Å². The number of ether oxygens (including phenoxy) is 2. The van der Waals surface area contributed by atoms with Crippen LogP contribution in [-0.2, 0) is 37.9 Å². The molecule has 612 valence electrons. The number of hydrogen-bond donors (Lipinski definition) is 3. The van der Waals surface area contributed by atoms with Gasteiger partial charge >= 0.3 is 40.9 Å². The molecule has 7 aliphatic rings. The van der Waals surface area contributed by atoms with Crippen molar-refractivity contribution >= 4 is 161 Å². The molecule has 4 aromatic carbocycles. The Morgan fingerprint density at radius 2 is 1.03 bits per heavy atom. The fraction of sp³-hybridized carbons (Fsp3) is 0.570. The summed E-state index contributed by atoms with van der Waals surface area (Å²) in [6, 6.07) is 25.9. The first-order chi connectivity index (χ1) is 50.9. The van der Waals surface area contributed by atoms with Crippen LogP contribution < -0.4 is 11.2 Å². The summed E-state index contributed by atoms with van der Waals surface area (Å²) in [5, 5.41) is 12.2. The van der Waals surface area contributed by atoms with E-state index in [1.807, 2.05) is 73.6 Å². The number of rotatable bonds is 8. The molecule has 0 spiro atoms. The highest BCUT2D eigenvalue weighted by Crippen LogP contribution is 2.42. The summed E-state index contributed by atoms with van der Waals surface area (Å²) in [5.41, 5.74) is 4.85. The number of allylic oxidation sites excluding steroid dienone is 2. The van der Waals surface area contributed by atoms with Crippen LogP contribution in [0.3, 0.4) is 0 Å². The third-order valence-corrected chi connectivity index (χ3v) is 25.7. The number of aliphatic carboxylic acids is 1. The second-order valence-corrected chi connectivity index (χ2v) is 38.9. The van der Waals surface area contributed by atoms with Crippen LogP contribution in [0.2, 0.25) is 0 Å². The minimum Gasteiger partial charge on any atom is -0.480 e. The number of halogens is 5. The smallest absolute Gasteiger partial charge is 0.480 e. The molecule has 32 heteroatoms. The number of likely N-dealkylation sites (tertiary alicyclic amines) is 4. The third kappa shape index (κ3) is 24.6. The molecule has 7 aromatic rings. The molecule has 3 unspecified atom stereocenters. The van der Waals surface area contributed by atoms with Gasteiger partial charge in [0.05, 0.1) is 65.7 Å². The van der Waals surface area contributed by atoms with Crippen molar-refractivity contribution in [1.29, 1.82) is 0 Å². The molecule has 14 rings (SSSR count). The Labute approximate surface area is 689 Å². The van der Waals surface area contributed by atoms with Crippen molar-refractivity contribution in [2.24, 2.45) is 11.8 Å². The summed E-state index contributed by atoms with van der Waals surface area (Å²) in [4.78, 5) is 62.3. The molecule has 3 N–H and O–H groups in total. The molecule has 111 heavy (non-hydrogen) atoms. The number of carbonyl (C=O) groups is 3. The highest BCUT2D eigenvalue weighted by molar-refractivity contribution is 9.10. The second kappa shape index (κ2) is 38.5. The van der Waals surface area contributed by atoms with Gasteiger partial charge in [-0.1, -0.05) is 78.8 Å². The van der Waals surface area contributed by atoms with E-state index in [2.05, 4.69) is 180 Å². The number of nitrogen functional groups attached to an aromatic ring is 1. The Balaban J connectivity index is 0.000000192. The standard InChI is InChI=1S/C23H31N3O2S.C18H25BN2O2S.C12H13BrN2S.C12H18F3NO5S.C6H6BrNS.C6H11NO2.2CH4/c1-15-8-10-18(26(14-15)22(27)28-23(2,3)4)16-9-11-20-17(13-16)24-21(29-20)19-7-6-12-25(19)5;1-17(2)18(3,4)23-19(22-17)12-8-9-15-13(11-12)20-16(24-15)14-7-6-10-21(14)5;1-15-6-2-3-10(15)12-14-9-7-8(13)4-5-11(9)16-12;1-8-5-6-9(21-22(18,19)12(13,14)15)16(7-8)10(17)20-11(2,3)4;7-4-1-2-6(9)5(8)3-4;1-7-4-2-3-5(7)6(8)9;;/h9-11,13,15,19H,6-8,12,14H2,1-5H3;8-9,11,14H,6-7,10H2,1-5H3;4-5,7,10H,2-3,6H2,1H3;6,8H,5,7H2,1-4H3;1-3,9H,8H2;5H,2-4H2,1H3,(H,8,9);2*1H4/t15-,19?;;;8-;;5-;;/m0..0.0../s1. The maximum absolute atomic E-state index is 12.9. The van der Waals surface area contributed by atoms with Crippen LogP contribution in [0, 0.1) is 11.8 Å². The number of nitrogens with zero attached hydrogens (tertiary/aromatic N) is 9.